The summed E-state index contributed by atoms with van der Waals surface area (Å²) >= 11 is 22.2. The molecule has 0 saturated heterocycles. The van der Waals surface area contributed by atoms with Crippen LogP contribution in [0.4, 0.5) is 0 Å². The maximum Gasteiger partial charge on any atom is 0.335 e. The molecule has 2 heterocycles. The average molecular weight is 562 g/mol. The monoisotopic (exact) mass is 560 g/mol. The van der Waals surface area contributed by atoms with Crippen LogP contribution in [0.5, 0.6) is 0 Å². The number of imidazole rings is 1. The van der Waals surface area contributed by atoms with E-state index in [4.69, 9.17) is 56.6 Å². The van der Waals surface area contributed by atoms with E-state index in [0.29, 0.717) is 21.2 Å². The Morgan fingerprint density at radius 2 is 1.26 bits per heavy atom. The number of aryl methyl sites for hydroxylation is 1. The van der Waals surface area contributed by atoms with Gasteiger partial charge < -0.3 is 15.2 Å². The fourth-order valence-corrected chi connectivity index (χ4v) is 3.12. The Morgan fingerprint density at radius 1 is 0.800 bits per heavy atom. The number of hydrogen-bond donors (Lipinski definition) is 3. The number of fused-ring (bicyclic) bond motifs is 1. The van der Waals surface area contributed by atoms with Gasteiger partial charge >= 0.3 is 17.6 Å². The lowest BCUT2D eigenvalue weighted by Gasteiger charge is -2.00. The van der Waals surface area contributed by atoms with Crippen LogP contribution in [0.15, 0.2) is 52.3 Å². The van der Waals surface area contributed by atoms with Gasteiger partial charge in [0, 0.05) is 14.1 Å². The van der Waals surface area contributed by atoms with Crippen molar-refractivity contribution in [1.29, 1.82) is 0 Å². The van der Waals surface area contributed by atoms with Crippen molar-refractivity contribution in [3.05, 3.63) is 94.8 Å². The van der Waals surface area contributed by atoms with E-state index >= 15 is 0 Å². The Balaban J connectivity index is 0.000000186. The highest BCUT2D eigenvalue weighted by atomic mass is 35.5. The number of H-pyrrole nitrogens is 1. The zero-order valence-corrected chi connectivity index (χ0v) is 20.9. The molecular weight excluding hydrogens is 546 g/mol. The highest BCUT2D eigenvalue weighted by molar-refractivity contribution is 6.42. The smallest absolute Gasteiger partial charge is 0.335 e. The van der Waals surface area contributed by atoms with E-state index in [9.17, 15) is 19.2 Å². The zero-order chi connectivity index (χ0) is 26.4. The molecule has 0 bridgehead atoms. The van der Waals surface area contributed by atoms with E-state index in [1.165, 1.54) is 54.3 Å². The summed E-state index contributed by atoms with van der Waals surface area (Å²) < 4.78 is 2.37. The number of rotatable bonds is 2. The van der Waals surface area contributed by atoms with Crippen molar-refractivity contribution in [1.82, 2.24) is 19.1 Å². The molecule has 4 rings (SSSR count). The van der Waals surface area contributed by atoms with E-state index in [1.54, 1.807) is 7.05 Å². The second-order valence-corrected chi connectivity index (χ2v) is 8.30. The summed E-state index contributed by atoms with van der Waals surface area (Å²) in [6.45, 7) is 0. The van der Waals surface area contributed by atoms with Crippen molar-refractivity contribution >= 4 is 69.5 Å². The number of aromatic carboxylic acids is 2. The lowest BCUT2D eigenvalue weighted by molar-refractivity contribution is 0.0686. The Kier molecular flexibility index (Phi) is 9.49. The van der Waals surface area contributed by atoms with Gasteiger partial charge in [0.05, 0.1) is 37.5 Å². The predicted molar refractivity (Wildman–Crippen MR) is 133 cm³/mol. The van der Waals surface area contributed by atoms with E-state index in [1.807, 2.05) is 0 Å². The lowest BCUT2D eigenvalue weighted by Crippen LogP contribution is -2.36. The quantitative estimate of drug-likeness (QED) is 0.329. The number of carboxylic acids is 2. The van der Waals surface area contributed by atoms with Gasteiger partial charge in [-0.05, 0) is 36.4 Å². The van der Waals surface area contributed by atoms with Crippen molar-refractivity contribution in [3.8, 4) is 0 Å². The van der Waals surface area contributed by atoms with Crippen molar-refractivity contribution < 1.29 is 19.8 Å². The summed E-state index contributed by atoms with van der Waals surface area (Å²) in [5, 5.41) is 18.2. The summed E-state index contributed by atoms with van der Waals surface area (Å²) in [4.78, 5) is 50.1. The summed E-state index contributed by atoms with van der Waals surface area (Å²) in [5.74, 6) is -2.02. The molecule has 35 heavy (non-hydrogen) atoms. The molecule has 0 aliphatic carbocycles. The minimum atomic E-state index is -1.01. The first kappa shape index (κ1) is 27.9. The highest BCUT2D eigenvalue weighted by Gasteiger charge is 2.09. The van der Waals surface area contributed by atoms with Crippen LogP contribution in [0, 0.1) is 0 Å². The van der Waals surface area contributed by atoms with Gasteiger partial charge in [0.25, 0.3) is 5.56 Å². The largest absolute Gasteiger partial charge is 0.478 e. The normalized spacial score (nSPS) is 10.1. The predicted octanol–water partition coefficient (Wildman–Crippen LogP) is 4.34. The number of aromatic nitrogens is 4. The number of hydrogen-bond acceptors (Lipinski definition) is 5. The molecule has 0 aliphatic rings. The SMILES string of the molecule is Cn1c(=O)c2[nH]cnc2n(C)c1=O.O=C(O)c1ccc(Cl)c(Cl)c1.O=C(O)c1ccc(Cl)c(Cl)c1. The molecule has 0 radical (unpaired) electrons. The fourth-order valence-electron chi connectivity index (χ4n) is 2.53. The van der Waals surface area contributed by atoms with Crippen LogP contribution in [-0.4, -0.2) is 41.3 Å². The first-order valence-corrected chi connectivity index (χ1v) is 10.8. The first-order valence-electron chi connectivity index (χ1n) is 9.31. The molecule has 2 aromatic heterocycles. The minimum absolute atomic E-state index is 0.138. The zero-order valence-electron chi connectivity index (χ0n) is 17.9. The van der Waals surface area contributed by atoms with Gasteiger partial charge in [-0.2, -0.15) is 0 Å². The van der Waals surface area contributed by atoms with Gasteiger partial charge in [-0.3, -0.25) is 13.9 Å². The molecule has 0 spiro atoms. The summed E-state index contributed by atoms with van der Waals surface area (Å²) in [6, 6.07) is 8.33. The fraction of sp³-hybridized carbons (Fsp3) is 0.0952. The van der Waals surface area contributed by atoms with E-state index < -0.39 is 11.9 Å². The molecule has 0 aliphatic heterocycles. The van der Waals surface area contributed by atoms with Gasteiger partial charge in [0.15, 0.2) is 5.65 Å². The average Bonchev–Trinajstić information content (AvgIpc) is 3.31. The number of benzene rings is 2. The van der Waals surface area contributed by atoms with Gasteiger partial charge in [0.1, 0.15) is 5.52 Å². The molecule has 4 aromatic rings. The Morgan fingerprint density at radius 3 is 1.66 bits per heavy atom. The molecule has 0 fully saturated rings. The third-order valence-corrected chi connectivity index (χ3v) is 5.84. The van der Waals surface area contributed by atoms with Crippen molar-refractivity contribution in [2.45, 2.75) is 0 Å². The summed E-state index contributed by atoms with van der Waals surface area (Å²) in [5.41, 5.74) is 0.289. The lowest BCUT2D eigenvalue weighted by atomic mass is 10.2. The molecule has 14 heteroatoms. The third-order valence-electron chi connectivity index (χ3n) is 4.36. The van der Waals surface area contributed by atoms with Crippen molar-refractivity contribution in [2.24, 2.45) is 14.1 Å². The number of aromatic amines is 1. The van der Waals surface area contributed by atoms with Gasteiger partial charge in [-0.25, -0.2) is 19.4 Å². The maximum absolute atomic E-state index is 11.4. The molecule has 3 N–H and O–H groups in total. The van der Waals surface area contributed by atoms with Gasteiger partial charge in [-0.15, -0.1) is 0 Å². The van der Waals surface area contributed by atoms with E-state index in [2.05, 4.69) is 9.97 Å². The Hall–Kier alpha value is -3.31. The second-order valence-electron chi connectivity index (χ2n) is 6.67. The highest BCUT2D eigenvalue weighted by Crippen LogP contribution is 2.23. The van der Waals surface area contributed by atoms with Crippen LogP contribution < -0.4 is 11.2 Å². The number of carboxylic acid groups (broad SMARTS) is 2. The van der Waals surface area contributed by atoms with E-state index in [-0.39, 0.29) is 32.4 Å². The number of halogens is 4. The summed E-state index contributed by atoms with van der Waals surface area (Å²) in [6.07, 6.45) is 1.39. The van der Waals surface area contributed by atoms with Gasteiger partial charge in [-0.1, -0.05) is 46.4 Å². The minimum Gasteiger partial charge on any atom is -0.478 e. The number of nitrogens with one attached hydrogen (secondary N) is 1. The summed E-state index contributed by atoms with van der Waals surface area (Å²) in [7, 11) is 3.01. The first-order chi connectivity index (χ1) is 16.3. The third kappa shape index (κ3) is 6.86. The van der Waals surface area contributed by atoms with Crippen LogP contribution in [0.25, 0.3) is 11.2 Å². The molecule has 0 atom stereocenters. The topological polar surface area (TPSA) is 147 Å². The number of nitrogens with zero attached hydrogens (tertiary/aromatic N) is 3. The van der Waals surface area contributed by atoms with Crippen LogP contribution >= 0.6 is 46.4 Å². The maximum atomic E-state index is 11.4. The molecule has 2 aromatic carbocycles. The molecular formula is C21H16Cl4N4O6. The van der Waals surface area contributed by atoms with Crippen LogP contribution in [0.2, 0.25) is 20.1 Å². The van der Waals surface area contributed by atoms with E-state index in [0.717, 1.165) is 4.57 Å². The Labute approximate surface area is 216 Å². The molecule has 0 amide bonds. The molecule has 184 valence electrons. The standard InChI is InChI=1S/2C7H4Cl2O2.C7H8N4O2/c2*8-5-2-1-4(7(10)11)3-6(5)9;1-10-5-4(8-3-9-5)6(12)11(2)7(10)13/h2*1-3H,(H,10,11);3H,1-2H3,(H,8,9). The Bertz CT molecular complexity index is 1470. The van der Waals surface area contributed by atoms with Crippen molar-refractivity contribution in [3.63, 3.8) is 0 Å². The number of carbonyl (C=O) groups is 2. The van der Waals surface area contributed by atoms with Gasteiger partial charge in [0.2, 0.25) is 0 Å². The van der Waals surface area contributed by atoms with Crippen LogP contribution in [0.3, 0.4) is 0 Å². The van der Waals surface area contributed by atoms with Crippen LogP contribution in [-0.2, 0) is 14.1 Å². The van der Waals surface area contributed by atoms with Crippen molar-refractivity contribution in [2.75, 3.05) is 0 Å². The molecule has 10 nitrogen and oxygen atoms in total. The van der Waals surface area contributed by atoms with Crippen LogP contribution in [0.1, 0.15) is 20.7 Å². The second kappa shape index (κ2) is 11.9. The molecule has 0 saturated carbocycles. The molecule has 0 unspecified atom stereocenters.